The third-order valence-corrected chi connectivity index (χ3v) is 3.20. The normalized spacial score (nSPS) is 14.6. The molecule has 6 nitrogen and oxygen atoms in total. The smallest absolute Gasteiger partial charge is 0.255 e. The van der Waals surface area contributed by atoms with Gasteiger partial charge < -0.3 is 19.7 Å². The molecule has 21 heavy (non-hydrogen) atoms. The van der Waals surface area contributed by atoms with Crippen LogP contribution in [-0.2, 0) is 9.53 Å². The average Bonchev–Trinajstić information content (AvgIpc) is 2.54. The van der Waals surface area contributed by atoms with E-state index in [1.165, 1.54) is 0 Å². The molecule has 0 aliphatic carbocycles. The predicted octanol–water partition coefficient (Wildman–Crippen LogP) is 0.674. The second-order valence-electron chi connectivity index (χ2n) is 4.61. The Labute approximate surface area is 124 Å². The van der Waals surface area contributed by atoms with Gasteiger partial charge >= 0.3 is 0 Å². The van der Waals surface area contributed by atoms with Crippen LogP contribution in [0.5, 0.6) is 5.75 Å². The van der Waals surface area contributed by atoms with E-state index in [0.717, 1.165) is 0 Å². The van der Waals surface area contributed by atoms with E-state index in [-0.39, 0.29) is 18.4 Å². The summed E-state index contributed by atoms with van der Waals surface area (Å²) in [5.74, 6) is 0.123. The summed E-state index contributed by atoms with van der Waals surface area (Å²) < 4.78 is 10.6. The first-order valence-corrected chi connectivity index (χ1v) is 7.08. The standard InChI is InChI=1S/C15H20N2O4/c1-2-21-13-6-4-3-5-12(13)15(19)16-11-14(18)17-7-9-20-10-8-17/h3-6H,2,7-11H2,1H3,(H,16,19). The molecule has 1 aliphatic heterocycles. The summed E-state index contributed by atoms with van der Waals surface area (Å²) >= 11 is 0. The lowest BCUT2D eigenvalue weighted by molar-refractivity contribution is -0.134. The molecule has 0 saturated carbocycles. The van der Waals surface area contributed by atoms with Gasteiger partial charge in [0.1, 0.15) is 5.75 Å². The quantitative estimate of drug-likeness (QED) is 0.866. The van der Waals surface area contributed by atoms with Crippen LogP contribution in [0, 0.1) is 0 Å². The van der Waals surface area contributed by atoms with Crippen molar-refractivity contribution in [2.75, 3.05) is 39.5 Å². The first-order valence-electron chi connectivity index (χ1n) is 7.08. The topological polar surface area (TPSA) is 67.9 Å². The number of hydrogen-bond acceptors (Lipinski definition) is 4. The Kier molecular flexibility index (Phi) is 5.57. The van der Waals surface area contributed by atoms with Gasteiger partial charge in [0, 0.05) is 13.1 Å². The van der Waals surface area contributed by atoms with Crippen LogP contribution < -0.4 is 10.1 Å². The van der Waals surface area contributed by atoms with Crippen molar-refractivity contribution in [3.63, 3.8) is 0 Å². The summed E-state index contributed by atoms with van der Waals surface area (Å²) in [7, 11) is 0. The highest BCUT2D eigenvalue weighted by Gasteiger charge is 2.18. The molecule has 1 aromatic carbocycles. The van der Waals surface area contributed by atoms with Gasteiger partial charge in [-0.15, -0.1) is 0 Å². The molecule has 114 valence electrons. The molecule has 0 bridgehead atoms. The second-order valence-corrected chi connectivity index (χ2v) is 4.61. The van der Waals surface area contributed by atoms with Crippen molar-refractivity contribution in [2.45, 2.75) is 6.92 Å². The van der Waals surface area contributed by atoms with Crippen molar-refractivity contribution in [1.82, 2.24) is 10.2 Å². The fourth-order valence-corrected chi connectivity index (χ4v) is 2.11. The highest BCUT2D eigenvalue weighted by molar-refractivity contribution is 5.98. The molecule has 6 heteroatoms. The number of nitrogens with one attached hydrogen (secondary N) is 1. The first kappa shape index (κ1) is 15.3. The largest absolute Gasteiger partial charge is 0.493 e. The number of nitrogens with zero attached hydrogens (tertiary/aromatic N) is 1. The molecule has 0 radical (unpaired) electrons. The van der Waals surface area contributed by atoms with Gasteiger partial charge in [-0.2, -0.15) is 0 Å². The van der Waals surface area contributed by atoms with Crippen molar-refractivity contribution < 1.29 is 19.1 Å². The van der Waals surface area contributed by atoms with Gasteiger partial charge in [-0.25, -0.2) is 0 Å². The van der Waals surface area contributed by atoms with Crippen molar-refractivity contribution in [3.05, 3.63) is 29.8 Å². The molecule has 2 amide bonds. The molecular formula is C15H20N2O4. The molecule has 1 N–H and O–H groups in total. The number of morpholine rings is 1. The van der Waals surface area contributed by atoms with Crippen molar-refractivity contribution in [1.29, 1.82) is 0 Å². The van der Waals surface area contributed by atoms with E-state index in [0.29, 0.717) is 44.2 Å². The molecule has 1 fully saturated rings. The van der Waals surface area contributed by atoms with Gasteiger partial charge in [0.2, 0.25) is 5.91 Å². The molecule has 1 saturated heterocycles. The third-order valence-electron chi connectivity index (χ3n) is 3.20. The minimum atomic E-state index is -0.305. The van der Waals surface area contributed by atoms with Crippen LogP contribution in [0.4, 0.5) is 0 Å². The lowest BCUT2D eigenvalue weighted by Gasteiger charge is -2.26. The van der Waals surface area contributed by atoms with Gasteiger partial charge in [0.05, 0.1) is 31.9 Å². The van der Waals surface area contributed by atoms with Crippen LogP contribution >= 0.6 is 0 Å². The van der Waals surface area contributed by atoms with Crippen molar-refractivity contribution >= 4 is 11.8 Å². The molecule has 0 aromatic heterocycles. The number of para-hydroxylation sites is 1. The maximum Gasteiger partial charge on any atom is 0.255 e. The SMILES string of the molecule is CCOc1ccccc1C(=O)NCC(=O)N1CCOCC1. The van der Waals surface area contributed by atoms with E-state index in [2.05, 4.69) is 5.32 Å². The van der Waals surface area contributed by atoms with Crippen LogP contribution in [0.1, 0.15) is 17.3 Å². The number of benzene rings is 1. The molecule has 1 aliphatic rings. The lowest BCUT2D eigenvalue weighted by Crippen LogP contribution is -2.45. The van der Waals surface area contributed by atoms with Crippen molar-refractivity contribution in [2.24, 2.45) is 0 Å². The predicted molar refractivity (Wildman–Crippen MR) is 77.3 cm³/mol. The number of rotatable bonds is 5. The van der Waals surface area contributed by atoms with Gasteiger partial charge in [0.15, 0.2) is 0 Å². The monoisotopic (exact) mass is 292 g/mol. The van der Waals surface area contributed by atoms with E-state index < -0.39 is 0 Å². The van der Waals surface area contributed by atoms with Crippen LogP contribution in [-0.4, -0.2) is 56.2 Å². The Balaban J connectivity index is 1.90. The molecule has 0 unspecified atom stereocenters. The van der Waals surface area contributed by atoms with Crippen LogP contribution in [0.25, 0.3) is 0 Å². The van der Waals surface area contributed by atoms with E-state index in [4.69, 9.17) is 9.47 Å². The fourth-order valence-electron chi connectivity index (χ4n) is 2.11. The van der Waals surface area contributed by atoms with Gasteiger partial charge in [-0.05, 0) is 19.1 Å². The zero-order valence-corrected chi connectivity index (χ0v) is 12.1. The molecule has 2 rings (SSSR count). The third kappa shape index (κ3) is 4.19. The Morgan fingerprint density at radius 2 is 2.00 bits per heavy atom. The van der Waals surface area contributed by atoms with Crippen LogP contribution in [0.3, 0.4) is 0 Å². The fraction of sp³-hybridized carbons (Fsp3) is 0.467. The highest BCUT2D eigenvalue weighted by atomic mass is 16.5. The number of amides is 2. The molecule has 0 spiro atoms. The Hall–Kier alpha value is -2.08. The number of carbonyl (C=O) groups excluding carboxylic acids is 2. The Morgan fingerprint density at radius 1 is 1.29 bits per heavy atom. The highest BCUT2D eigenvalue weighted by Crippen LogP contribution is 2.17. The minimum Gasteiger partial charge on any atom is -0.493 e. The Bertz CT molecular complexity index is 498. The van der Waals surface area contributed by atoms with Crippen LogP contribution in [0.2, 0.25) is 0 Å². The van der Waals surface area contributed by atoms with Gasteiger partial charge in [0.25, 0.3) is 5.91 Å². The molecule has 1 heterocycles. The minimum absolute atomic E-state index is 0.0146. The zero-order valence-electron chi connectivity index (χ0n) is 12.1. The number of hydrogen-bond donors (Lipinski definition) is 1. The maximum atomic E-state index is 12.1. The van der Waals surface area contributed by atoms with Crippen molar-refractivity contribution in [3.8, 4) is 5.75 Å². The lowest BCUT2D eigenvalue weighted by atomic mass is 10.2. The van der Waals surface area contributed by atoms with Gasteiger partial charge in [-0.1, -0.05) is 12.1 Å². The summed E-state index contributed by atoms with van der Waals surface area (Å²) in [6.07, 6.45) is 0. The first-order chi connectivity index (χ1) is 10.2. The maximum absolute atomic E-state index is 12.1. The van der Waals surface area contributed by atoms with E-state index in [1.807, 2.05) is 6.92 Å². The van der Waals surface area contributed by atoms with E-state index in [9.17, 15) is 9.59 Å². The summed E-state index contributed by atoms with van der Waals surface area (Å²) in [4.78, 5) is 25.8. The summed E-state index contributed by atoms with van der Waals surface area (Å²) in [5, 5.41) is 2.64. The summed E-state index contributed by atoms with van der Waals surface area (Å²) in [6.45, 7) is 4.57. The molecule has 0 atom stereocenters. The van der Waals surface area contributed by atoms with Gasteiger partial charge in [-0.3, -0.25) is 9.59 Å². The summed E-state index contributed by atoms with van der Waals surface area (Å²) in [6, 6.07) is 6.99. The summed E-state index contributed by atoms with van der Waals surface area (Å²) in [5.41, 5.74) is 0.439. The van der Waals surface area contributed by atoms with Crippen LogP contribution in [0.15, 0.2) is 24.3 Å². The van der Waals surface area contributed by atoms with E-state index in [1.54, 1.807) is 29.2 Å². The average molecular weight is 292 g/mol. The number of carbonyl (C=O) groups is 2. The van der Waals surface area contributed by atoms with E-state index >= 15 is 0 Å². The second kappa shape index (κ2) is 7.64. The molecular weight excluding hydrogens is 272 g/mol. The Morgan fingerprint density at radius 3 is 2.71 bits per heavy atom. The molecule has 1 aromatic rings. The zero-order chi connectivity index (χ0) is 15.1. The number of ether oxygens (including phenoxy) is 2.